The number of carboxylic acid groups (broad SMARTS) is 2. The lowest BCUT2D eigenvalue weighted by Gasteiger charge is -2.16. The largest absolute Gasteiger partial charge is 0.480 e. The van der Waals surface area contributed by atoms with Crippen molar-refractivity contribution >= 4 is 66.7 Å². The number of nitrogens with zero attached hydrogens (tertiary/aromatic N) is 3. The van der Waals surface area contributed by atoms with Crippen molar-refractivity contribution in [2.75, 3.05) is 78.2 Å². The molecule has 0 fully saturated rings. The Hall–Kier alpha value is -7.01. The summed E-state index contributed by atoms with van der Waals surface area (Å²) in [7, 11) is -7.11. The number of anilines is 1. The number of amides is 3. The summed E-state index contributed by atoms with van der Waals surface area (Å²) in [5.74, 6) is -3.07. The minimum Gasteiger partial charge on any atom is -0.480 e. The van der Waals surface area contributed by atoms with Crippen LogP contribution >= 0.6 is 0 Å². The molecule has 9 N–H and O–H groups in total. The molecule has 0 spiro atoms. The molecule has 0 saturated heterocycles. The second-order valence-corrected chi connectivity index (χ2v) is 19.5. The van der Waals surface area contributed by atoms with Gasteiger partial charge in [-0.15, -0.1) is 0 Å². The third-order valence-corrected chi connectivity index (χ3v) is 13.7. The molecule has 5 aromatic rings. The number of alkyl carbamates (subject to hydrolysis) is 1. The fourth-order valence-corrected chi connectivity index (χ4v) is 9.08. The van der Waals surface area contributed by atoms with E-state index in [1.807, 2.05) is 0 Å². The van der Waals surface area contributed by atoms with Crippen LogP contribution in [0.25, 0.3) is 22.0 Å². The highest BCUT2D eigenvalue weighted by atomic mass is 32.2. The number of imidazole rings is 1. The summed E-state index contributed by atoms with van der Waals surface area (Å²) < 4.78 is 79.6. The zero-order valence-corrected chi connectivity index (χ0v) is 41.5. The Morgan fingerprint density at radius 3 is 1.95 bits per heavy atom. The SMILES string of the molecule is COC(=O)NC(CCC(=O)NCCCOCCOCCOCCCNS(=O)(=O)c1ccc(-c2ccc(S(=O)(=O)NC(CNC(=O)c3ccc4c(cnn4CCCNc4ncc[nH]4)c3)C(=O)O)cc2)cc1)C(=O)O. The monoisotopic (exact) mass is 1060 g/mol. The van der Waals surface area contributed by atoms with Gasteiger partial charge in [0.1, 0.15) is 12.1 Å². The van der Waals surface area contributed by atoms with Crippen molar-refractivity contribution in [3.8, 4) is 11.1 Å². The van der Waals surface area contributed by atoms with Gasteiger partial charge in [-0.25, -0.2) is 36.1 Å². The topological polar surface area (TPSA) is 350 Å². The van der Waals surface area contributed by atoms with E-state index >= 15 is 0 Å². The molecule has 3 aromatic carbocycles. The molecule has 0 bridgehead atoms. The van der Waals surface area contributed by atoms with Crippen LogP contribution in [0, 0.1) is 0 Å². The number of carboxylic acids is 2. The molecule has 396 valence electrons. The van der Waals surface area contributed by atoms with Crippen molar-refractivity contribution in [1.82, 2.24) is 45.1 Å². The van der Waals surface area contributed by atoms with Gasteiger partial charge in [0.2, 0.25) is 26.0 Å². The lowest BCUT2D eigenvalue weighted by molar-refractivity contribution is -0.140. The predicted molar refractivity (Wildman–Crippen MR) is 263 cm³/mol. The summed E-state index contributed by atoms with van der Waals surface area (Å²) in [5, 5.41) is 34.5. The maximum Gasteiger partial charge on any atom is 0.407 e. The van der Waals surface area contributed by atoms with Gasteiger partial charge in [0, 0.05) is 75.7 Å². The fourth-order valence-electron chi connectivity index (χ4n) is 6.82. The average Bonchev–Trinajstić information content (AvgIpc) is 4.06. The lowest BCUT2D eigenvalue weighted by Crippen LogP contribution is -2.48. The smallest absolute Gasteiger partial charge is 0.407 e. The van der Waals surface area contributed by atoms with Gasteiger partial charge in [-0.1, -0.05) is 24.3 Å². The Balaban J connectivity index is 0.935. The molecule has 0 saturated carbocycles. The summed E-state index contributed by atoms with van der Waals surface area (Å²) in [6.45, 7) is 3.00. The average molecular weight is 1060 g/mol. The molecule has 3 amide bonds. The van der Waals surface area contributed by atoms with Crippen LogP contribution < -0.4 is 30.7 Å². The highest BCUT2D eigenvalue weighted by Crippen LogP contribution is 2.24. The summed E-state index contributed by atoms with van der Waals surface area (Å²) in [5.41, 5.74) is 2.19. The number of methoxy groups -OCH3 is 1. The van der Waals surface area contributed by atoms with Crippen LogP contribution in [0.5, 0.6) is 0 Å². The first kappa shape index (κ1) is 56.9. The van der Waals surface area contributed by atoms with Crippen LogP contribution in [-0.4, -0.2) is 162 Å². The van der Waals surface area contributed by atoms with Gasteiger partial charge in [-0.05, 0) is 79.3 Å². The van der Waals surface area contributed by atoms with Crippen LogP contribution in [0.4, 0.5) is 10.7 Å². The van der Waals surface area contributed by atoms with Crippen molar-refractivity contribution < 1.29 is 70.0 Å². The third kappa shape index (κ3) is 18.8. The molecular weight excluding hydrogens is 997 g/mol. The number of sulfonamides is 2. The molecule has 2 unspecified atom stereocenters. The van der Waals surface area contributed by atoms with Crippen molar-refractivity contribution in [1.29, 1.82) is 0 Å². The molecule has 5 rings (SSSR count). The van der Waals surface area contributed by atoms with E-state index in [-0.39, 0.29) is 53.9 Å². The predicted octanol–water partition coefficient (Wildman–Crippen LogP) is 1.90. The number of ether oxygens (including phenoxy) is 4. The number of rotatable bonds is 34. The van der Waals surface area contributed by atoms with Gasteiger partial charge in [0.05, 0.1) is 55.0 Å². The normalized spacial score (nSPS) is 12.5. The zero-order valence-electron chi connectivity index (χ0n) is 39.9. The number of hydrogen-bond donors (Lipinski definition) is 9. The van der Waals surface area contributed by atoms with E-state index in [0.29, 0.717) is 81.4 Å². The first-order chi connectivity index (χ1) is 35.1. The van der Waals surface area contributed by atoms with Gasteiger partial charge < -0.3 is 55.4 Å². The number of hydrogen-bond acceptors (Lipinski definition) is 16. The first-order valence-corrected chi connectivity index (χ1v) is 26.0. The second kappa shape index (κ2) is 28.9. The van der Waals surface area contributed by atoms with Crippen LogP contribution in [0.1, 0.15) is 42.5 Å². The molecule has 0 aliphatic rings. The molecule has 2 aromatic heterocycles. The summed E-state index contributed by atoms with van der Waals surface area (Å²) >= 11 is 0. The van der Waals surface area contributed by atoms with Crippen LogP contribution in [0.3, 0.4) is 0 Å². The molecule has 0 aliphatic heterocycles. The number of nitrogens with one attached hydrogen (secondary N) is 7. The Kier molecular flexibility index (Phi) is 22.5. The Labute approximate surface area is 421 Å². The highest BCUT2D eigenvalue weighted by molar-refractivity contribution is 7.89. The van der Waals surface area contributed by atoms with E-state index in [1.54, 1.807) is 53.6 Å². The van der Waals surface area contributed by atoms with E-state index in [1.165, 1.54) is 36.4 Å². The maximum absolute atomic E-state index is 13.3. The van der Waals surface area contributed by atoms with Crippen molar-refractivity contribution in [3.05, 3.63) is 90.9 Å². The molecule has 0 aliphatic carbocycles. The number of carbonyl (C=O) groups is 5. The first-order valence-electron chi connectivity index (χ1n) is 23.1. The standard InChI is InChI=1S/C46H60N10O15S2/c1-68-46(63)54-38(43(59)60)14-16-41(57)47-18-3-23-69-25-27-71-28-26-70-24-4-19-53-72(64,65)36-10-5-32(6-11-36)33-7-12-37(13-8-33)73(66,67)55-39(44(61)62)31-51-42(58)34-9-15-40-35(29-34)30-52-56(40)22-2-17-48-45-49-20-21-50-45/h5-13,15,20-21,29-30,38-39,53,55H,2-4,14,16-19,22-28,31H2,1H3,(H,47,57)(H,51,58)(H,54,63)(H,59,60)(H,61,62)(H2,48,49,50). The van der Waals surface area contributed by atoms with E-state index in [0.717, 1.165) is 19.0 Å². The molecule has 2 atom stereocenters. The highest BCUT2D eigenvalue weighted by Gasteiger charge is 2.27. The molecule has 25 nitrogen and oxygen atoms in total. The van der Waals surface area contributed by atoms with Crippen molar-refractivity contribution in [3.63, 3.8) is 0 Å². The quantitative estimate of drug-likeness (QED) is 0.0266. The number of H-pyrrole nitrogens is 1. The number of carbonyl (C=O) groups excluding carboxylic acids is 3. The Bertz CT molecular complexity index is 2790. The van der Waals surface area contributed by atoms with Gasteiger partial charge >= 0.3 is 18.0 Å². The molecule has 0 radical (unpaired) electrons. The Morgan fingerprint density at radius 1 is 0.726 bits per heavy atom. The lowest BCUT2D eigenvalue weighted by atomic mass is 10.1. The molecule has 73 heavy (non-hydrogen) atoms. The van der Waals surface area contributed by atoms with Crippen LogP contribution in [0.2, 0.25) is 0 Å². The van der Waals surface area contributed by atoms with E-state index in [9.17, 15) is 45.9 Å². The van der Waals surface area contributed by atoms with Gasteiger partial charge in [0.15, 0.2) is 5.95 Å². The van der Waals surface area contributed by atoms with Gasteiger partial charge in [-0.2, -0.15) is 9.82 Å². The van der Waals surface area contributed by atoms with E-state index in [2.05, 4.69) is 50.5 Å². The number of aromatic nitrogens is 4. The number of aromatic amines is 1. The summed E-state index contributed by atoms with van der Waals surface area (Å²) in [6.07, 6.45) is 5.58. The van der Waals surface area contributed by atoms with Crippen molar-refractivity contribution in [2.24, 2.45) is 0 Å². The summed E-state index contributed by atoms with van der Waals surface area (Å²) in [6, 6.07) is 13.5. The maximum atomic E-state index is 13.3. The van der Waals surface area contributed by atoms with Crippen LogP contribution in [-0.2, 0) is 59.9 Å². The minimum absolute atomic E-state index is 0.0171. The molecule has 27 heteroatoms. The number of aryl methyl sites for hydroxylation is 1. The zero-order chi connectivity index (χ0) is 52.6. The van der Waals surface area contributed by atoms with Gasteiger partial charge in [0.25, 0.3) is 5.91 Å². The van der Waals surface area contributed by atoms with Crippen LogP contribution in [0.15, 0.2) is 95.1 Å². The molecular formula is C46H60N10O15S2. The minimum atomic E-state index is -4.36. The number of aliphatic carboxylic acids is 2. The number of fused-ring (bicyclic) bond motifs is 1. The second-order valence-electron chi connectivity index (χ2n) is 16.0. The van der Waals surface area contributed by atoms with Crippen molar-refractivity contribution in [2.45, 2.75) is 60.5 Å². The van der Waals surface area contributed by atoms with E-state index in [4.69, 9.17) is 19.3 Å². The van der Waals surface area contributed by atoms with Gasteiger partial charge in [-0.3, -0.25) is 19.1 Å². The van der Waals surface area contributed by atoms with E-state index < -0.39 is 62.6 Å². The third-order valence-electron chi connectivity index (χ3n) is 10.7. The fraction of sp³-hybridized carbons (Fsp3) is 0.413. The summed E-state index contributed by atoms with van der Waals surface area (Å²) in [4.78, 5) is 66.4. The number of benzene rings is 3. The Morgan fingerprint density at radius 2 is 1.34 bits per heavy atom. The molecule has 2 heterocycles.